The lowest BCUT2D eigenvalue weighted by molar-refractivity contribution is -0.154. The van der Waals surface area contributed by atoms with Crippen molar-refractivity contribution in [2.75, 3.05) is 13.1 Å². The third kappa shape index (κ3) is 8.49. The summed E-state index contributed by atoms with van der Waals surface area (Å²) in [4.78, 5) is 51.0. The van der Waals surface area contributed by atoms with Gasteiger partial charge in [0.2, 0.25) is 11.8 Å². The molecule has 9 heteroatoms. The van der Waals surface area contributed by atoms with Crippen molar-refractivity contribution >= 4 is 29.1 Å². The Hall–Kier alpha value is -4.37. The van der Waals surface area contributed by atoms with E-state index in [2.05, 4.69) is 73.3 Å². The maximum atomic E-state index is 13.5. The number of amides is 2. The normalized spacial score (nSPS) is 18.7. The molecule has 0 radical (unpaired) electrons. The first kappa shape index (κ1) is 35.5. The van der Waals surface area contributed by atoms with Crippen LogP contribution in [0, 0.1) is 11.8 Å². The molecule has 3 heterocycles. The van der Waals surface area contributed by atoms with E-state index in [4.69, 9.17) is 0 Å². The second-order valence-electron chi connectivity index (χ2n) is 15.0. The van der Waals surface area contributed by atoms with Crippen molar-refractivity contribution in [1.29, 1.82) is 0 Å². The molecule has 2 aliphatic rings. The van der Waals surface area contributed by atoms with Crippen molar-refractivity contribution in [1.82, 2.24) is 20.2 Å². The lowest BCUT2D eigenvalue weighted by atomic mass is 9.78. The molecule has 2 fully saturated rings. The third-order valence-electron chi connectivity index (χ3n) is 10.4. The van der Waals surface area contributed by atoms with Crippen LogP contribution in [0.3, 0.4) is 0 Å². The topological polar surface area (TPSA) is 112 Å². The number of hydrogen-bond donors (Lipinski definition) is 2. The van der Waals surface area contributed by atoms with Gasteiger partial charge in [0.25, 0.3) is 0 Å². The predicted octanol–water partition coefficient (Wildman–Crippen LogP) is 7.67. The molecule has 1 saturated heterocycles. The number of rotatable bonds is 11. The van der Waals surface area contributed by atoms with Gasteiger partial charge in [-0.25, -0.2) is 9.97 Å². The summed E-state index contributed by atoms with van der Waals surface area (Å²) in [5.74, 6) is 0.170. The Balaban J connectivity index is 1.09. The van der Waals surface area contributed by atoms with Crippen molar-refractivity contribution in [2.45, 2.75) is 90.0 Å². The Labute approximate surface area is 299 Å². The average molecular weight is 693 g/mol. The third-order valence-corrected chi connectivity index (χ3v) is 11.9. The van der Waals surface area contributed by atoms with Gasteiger partial charge < -0.3 is 15.3 Å². The molecule has 0 unspecified atom stereocenters. The average Bonchev–Trinajstić information content (AvgIpc) is 3.57. The van der Waals surface area contributed by atoms with E-state index >= 15 is 0 Å². The summed E-state index contributed by atoms with van der Waals surface area (Å²) < 4.78 is 0. The monoisotopic (exact) mass is 692 g/mol. The van der Waals surface area contributed by atoms with E-state index < -0.39 is 17.9 Å². The Morgan fingerprint density at radius 1 is 0.880 bits per heavy atom. The molecule has 0 bridgehead atoms. The molecule has 2 aromatic carbocycles. The summed E-state index contributed by atoms with van der Waals surface area (Å²) >= 11 is 1.61. The lowest BCUT2D eigenvalue weighted by Gasteiger charge is -2.39. The van der Waals surface area contributed by atoms with Crippen molar-refractivity contribution in [3.8, 4) is 22.5 Å². The Morgan fingerprint density at radius 3 is 2.10 bits per heavy atom. The van der Waals surface area contributed by atoms with Crippen LogP contribution in [0.15, 0.2) is 73.1 Å². The number of aromatic nitrogens is 2. The first-order valence-electron chi connectivity index (χ1n) is 17.9. The van der Waals surface area contributed by atoms with E-state index in [1.165, 1.54) is 47.4 Å². The summed E-state index contributed by atoms with van der Waals surface area (Å²) in [6, 6.07) is 19.8. The predicted molar refractivity (Wildman–Crippen MR) is 198 cm³/mol. The number of hydrogen-bond acceptors (Lipinski definition) is 6. The van der Waals surface area contributed by atoms with Gasteiger partial charge in [0.15, 0.2) is 5.82 Å². The van der Waals surface area contributed by atoms with Gasteiger partial charge in [-0.15, -0.1) is 11.3 Å². The zero-order valence-corrected chi connectivity index (χ0v) is 30.3. The molecule has 1 aliphatic carbocycles. The van der Waals surface area contributed by atoms with Crippen LogP contribution in [0.25, 0.3) is 22.5 Å². The van der Waals surface area contributed by atoms with Crippen LogP contribution < -0.4 is 5.32 Å². The molecule has 1 saturated carbocycles. The summed E-state index contributed by atoms with van der Waals surface area (Å²) in [6.45, 7) is 9.02. The summed E-state index contributed by atoms with van der Waals surface area (Å²) in [5.41, 5.74) is 5.21. The van der Waals surface area contributed by atoms with Crippen LogP contribution in [-0.2, 0) is 32.6 Å². The highest BCUT2D eigenvalue weighted by molar-refractivity contribution is 7.12. The van der Waals surface area contributed by atoms with Gasteiger partial charge in [0.05, 0.1) is 12.3 Å². The molecular formula is C41H48N4O4S. The highest BCUT2D eigenvalue weighted by Crippen LogP contribution is 2.37. The highest BCUT2D eigenvalue weighted by atomic mass is 32.1. The van der Waals surface area contributed by atoms with E-state index in [0.717, 1.165) is 33.0 Å². The Bertz CT molecular complexity index is 1780. The number of likely N-dealkylation sites (tertiary alicyclic amines) is 1. The van der Waals surface area contributed by atoms with Gasteiger partial charge in [-0.1, -0.05) is 82.6 Å². The minimum absolute atomic E-state index is 0.00552. The van der Waals surface area contributed by atoms with Crippen LogP contribution in [0.4, 0.5) is 0 Å². The van der Waals surface area contributed by atoms with Gasteiger partial charge in [-0.05, 0) is 71.8 Å². The summed E-state index contributed by atoms with van der Waals surface area (Å²) in [6.07, 6.45) is 10.7. The largest absolute Gasteiger partial charge is 0.481 e. The van der Waals surface area contributed by atoms with Gasteiger partial charge in [-0.3, -0.25) is 14.4 Å². The molecule has 2 N–H and O–H groups in total. The fourth-order valence-electron chi connectivity index (χ4n) is 7.02. The smallest absolute Gasteiger partial charge is 0.310 e. The number of carbonyl (C=O) groups is 3. The Morgan fingerprint density at radius 2 is 1.52 bits per heavy atom. The van der Waals surface area contributed by atoms with Crippen molar-refractivity contribution in [3.63, 3.8) is 0 Å². The second kappa shape index (κ2) is 15.3. The maximum Gasteiger partial charge on any atom is 0.310 e. The van der Waals surface area contributed by atoms with Crippen molar-refractivity contribution in [3.05, 3.63) is 93.9 Å². The van der Waals surface area contributed by atoms with E-state index in [9.17, 15) is 19.5 Å². The highest BCUT2D eigenvalue weighted by Gasteiger charge is 2.38. The van der Waals surface area contributed by atoms with Crippen LogP contribution >= 0.6 is 11.3 Å². The number of nitrogens with one attached hydrogen (secondary N) is 1. The first-order chi connectivity index (χ1) is 24.0. The molecule has 4 aromatic rings. The van der Waals surface area contributed by atoms with Crippen molar-refractivity contribution < 1.29 is 19.5 Å². The van der Waals surface area contributed by atoms with Crippen molar-refractivity contribution in [2.24, 2.45) is 11.8 Å². The summed E-state index contributed by atoms with van der Waals surface area (Å²) in [7, 11) is 0. The minimum atomic E-state index is -0.912. The number of aliphatic carboxylic acids is 1. The number of carboxylic acids is 1. The van der Waals surface area contributed by atoms with Gasteiger partial charge in [0.1, 0.15) is 6.04 Å². The molecular weight excluding hydrogens is 645 g/mol. The van der Waals surface area contributed by atoms with Gasteiger partial charge >= 0.3 is 5.97 Å². The fraction of sp³-hybridized carbons (Fsp3) is 0.439. The minimum Gasteiger partial charge on any atom is -0.481 e. The standard InChI is InChI=1S/C41H48N4O4S/c1-5-26-6-10-28(11-7-26)29-14-16-30(17-15-29)32-22-42-38(43-23-32)31-12-8-27(9-13-31)20-35(39(47)45-24-33(25-45)40(48)49)44-37(46)21-34-18-19-36(50-34)41(2,3)4/h8-9,12-19,22-23,26,28,33,35H,5-7,10-11,20-21,24-25H2,1-4H3,(H,44,46)(H,48,49)/t26?,28?,35-/m0/s1. The van der Waals surface area contributed by atoms with E-state index in [1.807, 2.05) is 42.7 Å². The number of benzene rings is 2. The molecule has 6 rings (SSSR count). The number of carbonyl (C=O) groups excluding carboxylic acids is 2. The quantitative estimate of drug-likeness (QED) is 0.167. The van der Waals surface area contributed by atoms with Gasteiger partial charge in [-0.2, -0.15) is 0 Å². The SMILES string of the molecule is CCC1CCC(c2ccc(-c3cnc(-c4ccc(C[C@H](NC(=O)Cc5ccc(C(C)(C)C)s5)C(=O)N5CC(C(=O)O)C5)cc4)nc3)cc2)CC1. The van der Waals surface area contributed by atoms with E-state index in [-0.39, 0.29) is 43.2 Å². The van der Waals surface area contributed by atoms with Crippen LogP contribution in [0.1, 0.15) is 86.6 Å². The van der Waals surface area contributed by atoms with Crippen LogP contribution in [-0.4, -0.2) is 56.9 Å². The molecule has 262 valence electrons. The molecule has 1 atom stereocenters. The van der Waals surface area contributed by atoms with Crippen LogP contribution in [0.2, 0.25) is 0 Å². The number of nitrogens with zero attached hydrogens (tertiary/aromatic N) is 3. The summed E-state index contributed by atoms with van der Waals surface area (Å²) in [5, 5.41) is 12.3. The maximum absolute atomic E-state index is 13.5. The molecule has 50 heavy (non-hydrogen) atoms. The lowest BCUT2D eigenvalue weighted by Crippen LogP contribution is -2.59. The van der Waals surface area contributed by atoms with Gasteiger partial charge in [0, 0.05) is 52.8 Å². The molecule has 1 aliphatic heterocycles. The number of thiophene rings is 1. The second-order valence-corrected chi connectivity index (χ2v) is 16.2. The number of carboxylic acid groups (broad SMARTS) is 1. The molecule has 8 nitrogen and oxygen atoms in total. The zero-order chi connectivity index (χ0) is 35.4. The van der Waals surface area contributed by atoms with Crippen LogP contribution in [0.5, 0.6) is 0 Å². The first-order valence-corrected chi connectivity index (χ1v) is 18.7. The fourth-order valence-corrected chi connectivity index (χ4v) is 8.08. The molecule has 0 spiro atoms. The van der Waals surface area contributed by atoms with E-state index in [0.29, 0.717) is 11.7 Å². The van der Waals surface area contributed by atoms with E-state index in [1.54, 1.807) is 11.3 Å². The zero-order valence-electron chi connectivity index (χ0n) is 29.5. The molecule has 2 aromatic heterocycles. The Kier molecular flexibility index (Phi) is 10.8. The molecule has 2 amide bonds.